The monoisotopic (exact) mass is 443 g/mol. The summed E-state index contributed by atoms with van der Waals surface area (Å²) in [5.74, 6) is 1.86. The second-order valence-corrected chi connectivity index (χ2v) is 9.26. The zero-order valence-corrected chi connectivity index (χ0v) is 19.3. The minimum absolute atomic E-state index is 0.483. The lowest BCUT2D eigenvalue weighted by molar-refractivity contribution is 0.169. The van der Waals surface area contributed by atoms with Crippen LogP contribution in [0.4, 0.5) is 5.82 Å². The van der Waals surface area contributed by atoms with Gasteiger partial charge in [0.15, 0.2) is 0 Å². The molecule has 0 saturated carbocycles. The van der Waals surface area contributed by atoms with Crippen LogP contribution in [0.2, 0.25) is 0 Å². The number of aryl methyl sites for hydroxylation is 1. The van der Waals surface area contributed by atoms with Gasteiger partial charge in [-0.1, -0.05) is 12.1 Å². The molecule has 8 nitrogen and oxygen atoms in total. The number of pyridine rings is 1. The van der Waals surface area contributed by atoms with E-state index < -0.39 is 0 Å². The SMILES string of the molecule is C[C@@H]1CN(c2cc(-n3ncc4ccc(-c5cnn6c5OCCC6)cc43)ccn2)C[C@H](C)N1C. The molecule has 0 radical (unpaired) electrons. The molecule has 2 aliphatic heterocycles. The molecule has 4 aromatic rings. The highest BCUT2D eigenvalue weighted by atomic mass is 16.5. The molecule has 2 aliphatic rings. The van der Waals surface area contributed by atoms with E-state index in [9.17, 15) is 0 Å². The first-order chi connectivity index (χ1) is 16.1. The predicted octanol–water partition coefficient (Wildman–Crippen LogP) is 3.60. The van der Waals surface area contributed by atoms with E-state index in [0.29, 0.717) is 12.1 Å². The van der Waals surface area contributed by atoms with Gasteiger partial charge in [0.25, 0.3) is 0 Å². The Hall–Kier alpha value is -3.39. The quantitative estimate of drug-likeness (QED) is 0.482. The average molecular weight is 444 g/mol. The average Bonchev–Trinajstić information content (AvgIpc) is 3.46. The third-order valence-corrected chi connectivity index (χ3v) is 7.08. The minimum atomic E-state index is 0.483. The maximum absolute atomic E-state index is 5.93. The largest absolute Gasteiger partial charge is 0.477 e. The molecule has 0 N–H and O–H groups in total. The number of benzene rings is 1. The first kappa shape index (κ1) is 20.2. The van der Waals surface area contributed by atoms with Crippen LogP contribution in [0.25, 0.3) is 27.7 Å². The molecule has 5 heterocycles. The number of hydrogen-bond donors (Lipinski definition) is 0. The molecule has 33 heavy (non-hydrogen) atoms. The Morgan fingerprint density at radius 3 is 2.70 bits per heavy atom. The van der Waals surface area contributed by atoms with E-state index in [-0.39, 0.29) is 0 Å². The Balaban J connectivity index is 1.37. The van der Waals surface area contributed by atoms with E-state index in [1.165, 1.54) is 0 Å². The van der Waals surface area contributed by atoms with Gasteiger partial charge in [0, 0.05) is 55.8 Å². The highest BCUT2D eigenvalue weighted by Gasteiger charge is 2.27. The highest BCUT2D eigenvalue weighted by molar-refractivity contribution is 5.86. The summed E-state index contributed by atoms with van der Waals surface area (Å²) >= 11 is 0. The van der Waals surface area contributed by atoms with Crippen LogP contribution in [0.15, 0.2) is 48.9 Å². The van der Waals surface area contributed by atoms with Crippen LogP contribution >= 0.6 is 0 Å². The zero-order valence-electron chi connectivity index (χ0n) is 19.3. The van der Waals surface area contributed by atoms with Crippen LogP contribution in [0.3, 0.4) is 0 Å². The number of nitrogens with zero attached hydrogens (tertiary/aromatic N) is 7. The maximum atomic E-state index is 5.93. The standard InChI is InChI=1S/C25H29N7O/c1-17-15-30(16-18(2)29(17)3)24-12-21(7-8-26-24)32-23-11-19(5-6-20(23)13-28-32)22-14-27-31-9-4-10-33-25(22)31/h5-8,11-14,17-18H,4,9-10,15-16H2,1-3H3/t17-,18+. The second kappa shape index (κ2) is 7.88. The number of anilines is 1. The molecule has 1 saturated heterocycles. The topological polar surface area (TPSA) is 64.2 Å². The number of piperazine rings is 1. The van der Waals surface area contributed by atoms with Gasteiger partial charge < -0.3 is 9.64 Å². The summed E-state index contributed by atoms with van der Waals surface area (Å²) in [5.41, 5.74) is 4.18. The van der Waals surface area contributed by atoms with E-state index in [4.69, 9.17) is 14.8 Å². The number of ether oxygens (including phenoxy) is 1. The third-order valence-electron chi connectivity index (χ3n) is 7.08. The van der Waals surface area contributed by atoms with Crippen molar-refractivity contribution in [3.63, 3.8) is 0 Å². The summed E-state index contributed by atoms with van der Waals surface area (Å²) in [7, 11) is 2.20. The highest BCUT2D eigenvalue weighted by Crippen LogP contribution is 2.34. The summed E-state index contributed by atoms with van der Waals surface area (Å²) in [5, 5.41) is 10.3. The fourth-order valence-electron chi connectivity index (χ4n) is 4.96. The predicted molar refractivity (Wildman–Crippen MR) is 129 cm³/mol. The lowest BCUT2D eigenvalue weighted by atomic mass is 10.1. The Kier molecular flexibility index (Phi) is 4.83. The van der Waals surface area contributed by atoms with Gasteiger partial charge in [-0.2, -0.15) is 10.2 Å². The molecule has 1 aromatic carbocycles. The van der Waals surface area contributed by atoms with Gasteiger partial charge in [-0.3, -0.25) is 4.90 Å². The van der Waals surface area contributed by atoms with Gasteiger partial charge in [-0.25, -0.2) is 14.3 Å². The van der Waals surface area contributed by atoms with Crippen molar-refractivity contribution in [3.05, 3.63) is 48.9 Å². The van der Waals surface area contributed by atoms with Crippen molar-refractivity contribution >= 4 is 16.7 Å². The van der Waals surface area contributed by atoms with Gasteiger partial charge in [-0.15, -0.1) is 0 Å². The van der Waals surface area contributed by atoms with Gasteiger partial charge in [0.2, 0.25) is 5.88 Å². The summed E-state index contributed by atoms with van der Waals surface area (Å²) in [6.07, 6.45) is 6.71. The Bertz CT molecular complexity index is 1300. The number of fused-ring (bicyclic) bond motifs is 2. The lowest BCUT2D eigenvalue weighted by Crippen LogP contribution is -2.55. The van der Waals surface area contributed by atoms with Crippen molar-refractivity contribution < 1.29 is 4.74 Å². The molecular weight excluding hydrogens is 414 g/mol. The van der Waals surface area contributed by atoms with Crippen LogP contribution in [-0.4, -0.2) is 68.3 Å². The molecule has 0 bridgehead atoms. The molecular formula is C25H29N7O. The molecule has 8 heteroatoms. The van der Waals surface area contributed by atoms with Gasteiger partial charge in [-0.05, 0) is 38.6 Å². The molecule has 6 rings (SSSR count). The van der Waals surface area contributed by atoms with Crippen molar-refractivity contribution in [1.29, 1.82) is 0 Å². The van der Waals surface area contributed by atoms with Gasteiger partial charge in [0.1, 0.15) is 5.82 Å². The van der Waals surface area contributed by atoms with Crippen molar-refractivity contribution in [3.8, 4) is 22.7 Å². The van der Waals surface area contributed by atoms with E-state index in [2.05, 4.69) is 60.1 Å². The van der Waals surface area contributed by atoms with E-state index in [0.717, 1.165) is 72.1 Å². The van der Waals surface area contributed by atoms with Crippen LogP contribution in [0.1, 0.15) is 20.3 Å². The van der Waals surface area contributed by atoms with Crippen molar-refractivity contribution in [2.24, 2.45) is 0 Å². The molecule has 170 valence electrons. The third kappa shape index (κ3) is 3.45. The first-order valence-corrected chi connectivity index (χ1v) is 11.7. The maximum Gasteiger partial charge on any atom is 0.219 e. The molecule has 0 spiro atoms. The normalized spacial score (nSPS) is 21.2. The smallest absolute Gasteiger partial charge is 0.219 e. The van der Waals surface area contributed by atoms with Crippen molar-refractivity contribution in [2.75, 3.05) is 31.6 Å². The molecule has 0 unspecified atom stereocenters. The van der Waals surface area contributed by atoms with Crippen LogP contribution in [0.5, 0.6) is 5.88 Å². The van der Waals surface area contributed by atoms with Crippen LogP contribution < -0.4 is 9.64 Å². The number of rotatable bonds is 3. The first-order valence-electron chi connectivity index (χ1n) is 11.7. The van der Waals surface area contributed by atoms with Crippen molar-refractivity contribution in [2.45, 2.75) is 38.9 Å². The van der Waals surface area contributed by atoms with Crippen LogP contribution in [-0.2, 0) is 6.54 Å². The van der Waals surface area contributed by atoms with Crippen LogP contribution in [0, 0.1) is 0 Å². The van der Waals surface area contributed by atoms with Crippen molar-refractivity contribution in [1.82, 2.24) is 29.4 Å². The fourth-order valence-corrected chi connectivity index (χ4v) is 4.96. The molecule has 1 fully saturated rings. The zero-order chi connectivity index (χ0) is 22.5. The fraction of sp³-hybridized carbons (Fsp3) is 0.400. The summed E-state index contributed by atoms with van der Waals surface area (Å²) in [4.78, 5) is 9.51. The summed E-state index contributed by atoms with van der Waals surface area (Å²) < 4.78 is 9.88. The molecule has 2 atom stereocenters. The second-order valence-electron chi connectivity index (χ2n) is 9.26. The Labute approximate surface area is 193 Å². The number of likely N-dealkylation sites (N-methyl/N-ethyl adjacent to an activating group) is 1. The minimum Gasteiger partial charge on any atom is -0.477 e. The molecule has 0 aliphatic carbocycles. The Morgan fingerprint density at radius 1 is 1.00 bits per heavy atom. The number of hydrogen-bond acceptors (Lipinski definition) is 6. The van der Waals surface area contributed by atoms with E-state index in [1.54, 1.807) is 0 Å². The van der Waals surface area contributed by atoms with Gasteiger partial charge in [0.05, 0.1) is 35.8 Å². The summed E-state index contributed by atoms with van der Waals surface area (Å²) in [6, 6.07) is 11.6. The van der Waals surface area contributed by atoms with E-state index >= 15 is 0 Å². The Morgan fingerprint density at radius 2 is 1.85 bits per heavy atom. The molecule has 3 aromatic heterocycles. The van der Waals surface area contributed by atoms with E-state index in [1.807, 2.05) is 34.0 Å². The lowest BCUT2D eigenvalue weighted by Gasteiger charge is -2.43. The summed E-state index contributed by atoms with van der Waals surface area (Å²) in [6.45, 7) is 8.12. The van der Waals surface area contributed by atoms with Gasteiger partial charge >= 0.3 is 0 Å². The number of aromatic nitrogens is 5. The molecule has 0 amide bonds.